The van der Waals surface area contributed by atoms with Crippen LogP contribution in [-0.2, 0) is 65.4 Å². The minimum atomic E-state index is -4.97. The van der Waals surface area contributed by atoms with Gasteiger partial charge in [0.1, 0.15) is 19.3 Å². The highest BCUT2D eigenvalue weighted by Gasteiger charge is 2.30. The van der Waals surface area contributed by atoms with Gasteiger partial charge in [-0.05, 0) is 37.5 Å². The Morgan fingerprint density at radius 3 is 0.648 bits per heavy atom. The number of phosphoric ester groups is 2. The number of carbonyl (C=O) groups is 4. The first-order chi connectivity index (χ1) is 50.9. The molecule has 0 radical (unpaired) electrons. The molecule has 0 aromatic rings. The predicted octanol–water partition coefficient (Wildman–Crippen LogP) is 26.2. The molecule has 0 spiro atoms. The van der Waals surface area contributed by atoms with Crippen LogP contribution in [0.15, 0.2) is 0 Å². The molecule has 0 saturated carbocycles. The monoisotopic (exact) mass is 1540 g/mol. The molecule has 0 aliphatic rings. The van der Waals surface area contributed by atoms with E-state index in [9.17, 15) is 43.2 Å². The van der Waals surface area contributed by atoms with E-state index < -0.39 is 97.5 Å². The summed E-state index contributed by atoms with van der Waals surface area (Å²) < 4.78 is 68.9. The Balaban J connectivity index is 5.23. The summed E-state index contributed by atoms with van der Waals surface area (Å²) in [7, 11) is -9.93. The maximum atomic E-state index is 13.1. The fraction of sp³-hybridized carbons (Fsp3) is 0.953. The Kier molecular flexibility index (Phi) is 76.0. The Morgan fingerprint density at radius 2 is 0.438 bits per heavy atom. The molecule has 2 unspecified atom stereocenters. The lowest BCUT2D eigenvalue weighted by Crippen LogP contribution is -2.30. The number of ether oxygens (including phenoxy) is 4. The van der Waals surface area contributed by atoms with E-state index in [1.807, 2.05) is 0 Å². The number of aliphatic hydroxyl groups is 1. The van der Waals surface area contributed by atoms with Crippen molar-refractivity contribution in [1.29, 1.82) is 0 Å². The first kappa shape index (κ1) is 103. The van der Waals surface area contributed by atoms with Crippen LogP contribution in [0.1, 0.15) is 459 Å². The fourth-order valence-electron chi connectivity index (χ4n) is 13.4. The Morgan fingerprint density at radius 1 is 0.257 bits per heavy atom. The lowest BCUT2D eigenvalue weighted by molar-refractivity contribution is -0.161. The number of hydrogen-bond donors (Lipinski definition) is 3. The van der Waals surface area contributed by atoms with Crippen molar-refractivity contribution < 1.29 is 80.2 Å². The zero-order chi connectivity index (χ0) is 77.1. The van der Waals surface area contributed by atoms with Gasteiger partial charge < -0.3 is 33.8 Å². The molecule has 0 aliphatic carbocycles. The van der Waals surface area contributed by atoms with E-state index >= 15 is 0 Å². The molecule has 5 atom stereocenters. The minimum absolute atomic E-state index is 0.108. The third kappa shape index (κ3) is 79.9. The third-order valence-electron chi connectivity index (χ3n) is 20.2. The molecule has 0 saturated heterocycles. The van der Waals surface area contributed by atoms with Crippen molar-refractivity contribution in [2.75, 3.05) is 39.6 Å². The number of hydrogen-bond acceptors (Lipinski definition) is 15. The van der Waals surface area contributed by atoms with Crippen LogP contribution in [0.25, 0.3) is 0 Å². The summed E-state index contributed by atoms with van der Waals surface area (Å²) in [6, 6.07) is 0. The Hall–Kier alpha value is -1.94. The molecule has 0 aromatic heterocycles. The molecule has 0 fully saturated rings. The molecular weight excluding hydrogens is 1370 g/mol. The van der Waals surface area contributed by atoms with Gasteiger partial charge in [0.05, 0.1) is 26.4 Å². The lowest BCUT2D eigenvalue weighted by atomic mass is 10.0. The van der Waals surface area contributed by atoms with Crippen molar-refractivity contribution in [1.82, 2.24) is 0 Å². The van der Waals surface area contributed by atoms with Crippen LogP contribution >= 0.6 is 15.6 Å². The SMILES string of the molecule is CCCCCCCCCCCCCCCCCCCCCCC(=O)O[C@H](COC(=O)CCCCCCCCCCCCCCCCCC(C)C)COP(=O)(O)OC[C@@H](O)COP(=O)(O)OC[C@@H](COC(=O)CCCCCCCCCC(C)C)OC(=O)CCCCCCCCCCCCCCCCCCC. The fourth-order valence-corrected chi connectivity index (χ4v) is 15.0. The van der Waals surface area contributed by atoms with Crippen LogP contribution in [0.2, 0.25) is 0 Å². The molecule has 624 valence electrons. The number of rotatable bonds is 85. The third-order valence-corrected chi connectivity index (χ3v) is 22.1. The van der Waals surface area contributed by atoms with E-state index in [4.69, 9.17) is 37.0 Å². The average Bonchev–Trinajstić information content (AvgIpc) is 0.921. The van der Waals surface area contributed by atoms with Crippen LogP contribution in [-0.4, -0.2) is 96.7 Å². The Labute approximate surface area is 645 Å². The number of aliphatic hydroxyl groups excluding tert-OH is 1. The first-order valence-corrected chi connectivity index (χ1v) is 47.5. The zero-order valence-electron chi connectivity index (χ0n) is 69.0. The highest BCUT2D eigenvalue weighted by atomic mass is 31.2. The van der Waals surface area contributed by atoms with Gasteiger partial charge in [-0.2, -0.15) is 0 Å². The lowest BCUT2D eigenvalue weighted by Gasteiger charge is -2.21. The topological polar surface area (TPSA) is 237 Å². The van der Waals surface area contributed by atoms with E-state index in [2.05, 4.69) is 41.5 Å². The number of phosphoric acid groups is 2. The van der Waals surface area contributed by atoms with Crippen molar-refractivity contribution >= 4 is 39.5 Å². The first-order valence-electron chi connectivity index (χ1n) is 44.5. The molecule has 105 heavy (non-hydrogen) atoms. The zero-order valence-corrected chi connectivity index (χ0v) is 70.8. The second-order valence-electron chi connectivity index (χ2n) is 31.9. The van der Waals surface area contributed by atoms with Crippen LogP contribution < -0.4 is 0 Å². The predicted molar refractivity (Wildman–Crippen MR) is 432 cm³/mol. The van der Waals surface area contributed by atoms with E-state index in [1.165, 1.54) is 270 Å². The summed E-state index contributed by atoms with van der Waals surface area (Å²) in [4.78, 5) is 73.2. The highest BCUT2D eigenvalue weighted by molar-refractivity contribution is 7.47. The second-order valence-corrected chi connectivity index (χ2v) is 34.8. The van der Waals surface area contributed by atoms with Gasteiger partial charge in [0.2, 0.25) is 0 Å². The summed E-state index contributed by atoms with van der Waals surface area (Å²) in [6.07, 6.45) is 69.5. The quantitative estimate of drug-likeness (QED) is 0.0222. The molecule has 0 amide bonds. The highest BCUT2D eigenvalue weighted by Crippen LogP contribution is 2.45. The molecule has 0 heterocycles. The van der Waals surface area contributed by atoms with Crippen molar-refractivity contribution in [3.05, 3.63) is 0 Å². The molecule has 0 aromatic carbocycles. The van der Waals surface area contributed by atoms with Crippen molar-refractivity contribution in [2.24, 2.45) is 11.8 Å². The average molecular weight is 1540 g/mol. The standard InChI is InChI=1S/C86H168O17P2/c1-7-9-11-13-15-17-19-21-23-25-26-27-29-33-38-42-46-52-59-65-70-85(90)102-81(74-96-83(88)68-62-56-50-44-40-36-34-30-31-35-39-43-48-54-60-66-78(3)4)76-100-104(92,93)98-72-80(87)73-99-105(94,95)101-77-82(75-97-84(89)69-63-57-53-47-49-55-61-67-79(5)6)103-86(91)71-64-58-51-45-41-37-32-28-24-22-20-18-16-14-12-10-8-2/h78-82,87H,7-77H2,1-6H3,(H,92,93)(H,94,95)/t80-,81-,82-/m1/s1. The summed E-state index contributed by atoms with van der Waals surface area (Å²) >= 11 is 0. The minimum Gasteiger partial charge on any atom is -0.462 e. The number of unbranched alkanes of at least 4 members (excludes halogenated alkanes) is 55. The van der Waals surface area contributed by atoms with Gasteiger partial charge in [0.25, 0.3) is 0 Å². The summed E-state index contributed by atoms with van der Waals surface area (Å²) in [5.41, 5.74) is 0. The maximum Gasteiger partial charge on any atom is 0.472 e. The largest absolute Gasteiger partial charge is 0.472 e. The van der Waals surface area contributed by atoms with Crippen molar-refractivity contribution in [3.63, 3.8) is 0 Å². The molecular formula is C86H168O17P2. The van der Waals surface area contributed by atoms with Gasteiger partial charge >= 0.3 is 39.5 Å². The molecule has 0 bridgehead atoms. The normalized spacial score (nSPS) is 13.8. The van der Waals surface area contributed by atoms with Gasteiger partial charge in [0.15, 0.2) is 12.2 Å². The second kappa shape index (κ2) is 77.4. The van der Waals surface area contributed by atoms with Crippen LogP contribution in [0, 0.1) is 11.8 Å². The summed E-state index contributed by atoms with van der Waals surface area (Å²) in [5, 5.41) is 10.7. The molecule has 0 aliphatic heterocycles. The van der Waals surface area contributed by atoms with E-state index in [-0.39, 0.29) is 25.7 Å². The van der Waals surface area contributed by atoms with Crippen LogP contribution in [0.3, 0.4) is 0 Å². The van der Waals surface area contributed by atoms with Gasteiger partial charge in [-0.15, -0.1) is 0 Å². The van der Waals surface area contributed by atoms with Gasteiger partial charge in [0, 0.05) is 25.7 Å². The molecule has 3 N–H and O–H groups in total. The van der Waals surface area contributed by atoms with Crippen LogP contribution in [0.4, 0.5) is 0 Å². The summed E-state index contributed by atoms with van der Waals surface area (Å²) in [6.45, 7) is 9.65. The van der Waals surface area contributed by atoms with E-state index in [1.54, 1.807) is 0 Å². The summed E-state index contributed by atoms with van der Waals surface area (Å²) in [5.74, 6) is -0.591. The van der Waals surface area contributed by atoms with E-state index in [0.29, 0.717) is 31.6 Å². The maximum absolute atomic E-state index is 13.1. The van der Waals surface area contributed by atoms with E-state index in [0.717, 1.165) is 102 Å². The molecule has 17 nitrogen and oxygen atoms in total. The smallest absolute Gasteiger partial charge is 0.462 e. The van der Waals surface area contributed by atoms with Crippen molar-refractivity contribution in [2.45, 2.75) is 477 Å². The van der Waals surface area contributed by atoms with Gasteiger partial charge in [-0.25, -0.2) is 9.13 Å². The molecule has 19 heteroatoms. The van der Waals surface area contributed by atoms with Crippen molar-refractivity contribution in [3.8, 4) is 0 Å². The Bertz CT molecular complexity index is 2010. The van der Waals surface area contributed by atoms with Gasteiger partial charge in [-0.1, -0.05) is 408 Å². The van der Waals surface area contributed by atoms with Crippen LogP contribution in [0.5, 0.6) is 0 Å². The van der Waals surface area contributed by atoms with Gasteiger partial charge in [-0.3, -0.25) is 37.3 Å². The number of carbonyl (C=O) groups excluding carboxylic acids is 4. The molecule has 0 rings (SSSR count). The number of esters is 4.